The molecule has 0 aliphatic carbocycles. The van der Waals surface area contributed by atoms with Gasteiger partial charge in [-0.15, -0.1) is 35.0 Å². The van der Waals surface area contributed by atoms with Crippen molar-refractivity contribution in [2.24, 2.45) is 11.8 Å². The molecule has 0 aromatic rings. The predicted octanol–water partition coefficient (Wildman–Crippen LogP) is 4.36. The molecular formula is C16H34MoO5P2S5. The van der Waals surface area contributed by atoms with E-state index in [1.165, 1.54) is 25.7 Å². The molecule has 0 aromatic carbocycles. The van der Waals surface area contributed by atoms with Crippen molar-refractivity contribution in [1.82, 2.24) is 0 Å². The summed E-state index contributed by atoms with van der Waals surface area (Å²) in [5.41, 5.74) is -6.20. The zero-order chi connectivity index (χ0) is 22.6. The van der Waals surface area contributed by atoms with E-state index in [2.05, 4.69) is 88.3 Å². The molecule has 29 heavy (non-hydrogen) atoms. The van der Waals surface area contributed by atoms with Crippen molar-refractivity contribution in [2.75, 3.05) is 13.2 Å². The maximum Gasteiger partial charge on any atom is 4.00 e. The Morgan fingerprint density at radius 3 is 1.24 bits per heavy atom. The van der Waals surface area contributed by atoms with Crippen LogP contribution in [0.3, 0.4) is 0 Å². The normalized spacial score (nSPS) is 16.4. The van der Waals surface area contributed by atoms with Crippen LogP contribution in [0.5, 0.6) is 0 Å². The summed E-state index contributed by atoms with van der Waals surface area (Å²) in [5, 5.41) is 0. The van der Waals surface area contributed by atoms with E-state index in [1.807, 2.05) is 0 Å². The first-order chi connectivity index (χ1) is 13.0. The molecule has 0 aromatic heterocycles. The first-order valence-electron chi connectivity index (χ1n) is 9.48. The average molecular weight is 625 g/mol. The summed E-state index contributed by atoms with van der Waals surface area (Å²) in [6, 6.07) is 0. The Labute approximate surface area is 218 Å². The van der Waals surface area contributed by atoms with Crippen molar-refractivity contribution in [3.63, 3.8) is 0 Å². The van der Waals surface area contributed by atoms with Crippen LogP contribution in [0.25, 0.3) is 0 Å². The van der Waals surface area contributed by atoms with Gasteiger partial charge in [0.2, 0.25) is 0 Å². The van der Waals surface area contributed by atoms with Crippen molar-refractivity contribution >= 4 is 72.0 Å². The van der Waals surface area contributed by atoms with Gasteiger partial charge in [-0.05, 0) is 24.7 Å². The third-order valence-corrected chi connectivity index (χ3v) is 6.22. The van der Waals surface area contributed by atoms with Crippen LogP contribution in [0.4, 0.5) is 0 Å². The molecule has 0 aliphatic heterocycles. The van der Waals surface area contributed by atoms with Crippen molar-refractivity contribution in [3.8, 4) is 0 Å². The maximum atomic E-state index is 10.9. The quantitative estimate of drug-likeness (QED) is 0.158. The fourth-order valence-corrected chi connectivity index (χ4v) is 3.71. The standard InChI is InChI=1S/2C8H19O2PS2.Mo.OS/c2*1-3-5-6-8(4-2)7-10-11(9,12)13;;1-2/h2*8H,3-7H2,1-2H3,(H2,9,12,13);;/q;;+4;/p-4. The zero-order valence-electron chi connectivity index (χ0n) is 17.6. The fourth-order valence-electron chi connectivity index (χ4n) is 2.19. The van der Waals surface area contributed by atoms with E-state index in [4.69, 9.17) is 13.3 Å². The maximum absolute atomic E-state index is 10.9. The van der Waals surface area contributed by atoms with Crippen LogP contribution in [0.15, 0.2) is 0 Å². The number of rotatable bonds is 14. The third kappa shape index (κ3) is 35.3. The summed E-state index contributed by atoms with van der Waals surface area (Å²) < 4.78 is 17.8. The predicted molar refractivity (Wildman–Crippen MR) is 130 cm³/mol. The fraction of sp³-hybridized carbons (Fsp3) is 1.00. The van der Waals surface area contributed by atoms with Crippen LogP contribution in [0.2, 0.25) is 0 Å². The summed E-state index contributed by atoms with van der Waals surface area (Å²) in [6.45, 7) is 9.42. The Balaban J connectivity index is -0.000000192. The molecule has 0 saturated carbocycles. The van der Waals surface area contributed by atoms with Crippen LogP contribution in [0, 0.1) is 11.8 Å². The van der Waals surface area contributed by atoms with Crippen molar-refractivity contribution in [2.45, 2.75) is 79.1 Å². The van der Waals surface area contributed by atoms with Gasteiger partial charge in [0.05, 0.1) is 13.2 Å². The van der Waals surface area contributed by atoms with Gasteiger partial charge >= 0.3 is 21.1 Å². The molecule has 0 bridgehead atoms. The van der Waals surface area contributed by atoms with E-state index in [9.17, 15) is 9.79 Å². The van der Waals surface area contributed by atoms with Crippen molar-refractivity contribution < 1.29 is 44.1 Å². The first-order valence-corrected chi connectivity index (χ1v) is 17.1. The van der Waals surface area contributed by atoms with E-state index in [1.54, 1.807) is 0 Å². The Morgan fingerprint density at radius 2 is 1.07 bits per heavy atom. The Morgan fingerprint density at radius 1 is 0.793 bits per heavy atom. The molecule has 0 radical (unpaired) electrons. The van der Waals surface area contributed by atoms with Gasteiger partial charge in [0.15, 0.2) is 12.5 Å². The minimum absolute atomic E-state index is 0. The van der Waals surface area contributed by atoms with Gasteiger partial charge in [0.25, 0.3) is 0 Å². The van der Waals surface area contributed by atoms with Gasteiger partial charge in [-0.2, -0.15) is 4.21 Å². The first kappa shape index (κ1) is 38.8. The third-order valence-electron chi connectivity index (χ3n) is 4.02. The van der Waals surface area contributed by atoms with Crippen molar-refractivity contribution in [3.05, 3.63) is 0 Å². The van der Waals surface area contributed by atoms with Gasteiger partial charge in [0.1, 0.15) is 0 Å². The summed E-state index contributed by atoms with van der Waals surface area (Å²) >= 11 is 20.9. The van der Waals surface area contributed by atoms with Crippen LogP contribution in [-0.4, -0.2) is 17.4 Å². The monoisotopic (exact) mass is 626 g/mol. The summed E-state index contributed by atoms with van der Waals surface area (Å²) in [4.78, 5) is 21.8. The van der Waals surface area contributed by atoms with Crippen molar-refractivity contribution in [1.29, 1.82) is 0 Å². The van der Waals surface area contributed by atoms with Crippen LogP contribution >= 0.6 is 11.4 Å². The molecule has 0 N–H and O–H groups in total. The van der Waals surface area contributed by atoms with Crippen LogP contribution in [-0.2, 0) is 90.8 Å². The van der Waals surface area contributed by atoms with Gasteiger partial charge in [-0.25, -0.2) is 0 Å². The number of unbranched alkanes of at least 4 members (excludes halogenated alkanes) is 2. The molecular weight excluding hydrogens is 590 g/mol. The molecule has 0 aliphatic rings. The largest absolute Gasteiger partial charge is 4.00 e. The van der Waals surface area contributed by atoms with Gasteiger partial charge in [-0.1, -0.05) is 66.2 Å². The second-order valence-electron chi connectivity index (χ2n) is 6.32. The summed E-state index contributed by atoms with van der Waals surface area (Å²) in [6.07, 6.45) is 9.00. The molecule has 0 spiro atoms. The molecule has 4 atom stereocenters. The second kappa shape index (κ2) is 25.2. The number of hydrogen-bond acceptors (Lipinski definition) is 10. The molecule has 0 rings (SSSR count). The Bertz CT molecular complexity index is 402. The zero-order valence-corrected chi connectivity index (χ0v) is 25.5. The molecule has 0 amide bonds. The number of hydrogen-bond donors (Lipinski definition) is 0. The van der Waals surface area contributed by atoms with E-state index >= 15 is 0 Å². The summed E-state index contributed by atoms with van der Waals surface area (Å²) in [5.74, 6) is 0.915. The van der Waals surface area contributed by atoms with Crippen LogP contribution in [0.1, 0.15) is 79.1 Å². The molecule has 0 fully saturated rings. The smallest absolute Gasteiger partial charge is 0.819 e. The topological polar surface area (TPSA) is 81.7 Å². The van der Waals surface area contributed by atoms with E-state index < -0.39 is 11.4 Å². The van der Waals surface area contributed by atoms with E-state index in [0.29, 0.717) is 25.0 Å². The van der Waals surface area contributed by atoms with Gasteiger partial charge in [0, 0.05) is 0 Å². The minimum Gasteiger partial charge on any atom is -0.819 e. The Kier molecular flexibility index (Phi) is 33.7. The minimum atomic E-state index is -3.10. The van der Waals surface area contributed by atoms with Gasteiger partial charge < -0.3 is 43.3 Å². The molecule has 174 valence electrons. The molecule has 0 heterocycles. The average Bonchev–Trinajstić information content (AvgIpc) is 2.62. The van der Waals surface area contributed by atoms with Crippen LogP contribution < -0.4 is 9.79 Å². The van der Waals surface area contributed by atoms with Gasteiger partial charge in [-0.3, -0.25) is 0 Å². The SMILES string of the molecule is CCCCC(CC)COP([O-])(=S)[S-].CCCCC(CC)COP([O-])(=S)[S-].O=S.[Mo+4]. The molecule has 5 nitrogen and oxygen atoms in total. The van der Waals surface area contributed by atoms with E-state index in [-0.39, 0.29) is 21.1 Å². The Hall–Kier alpha value is 2.55. The summed E-state index contributed by atoms with van der Waals surface area (Å²) in [7, 11) is 0. The molecule has 0 saturated heterocycles. The van der Waals surface area contributed by atoms with E-state index in [0.717, 1.165) is 25.7 Å². The molecule has 4 unspecified atom stereocenters. The second-order valence-corrected chi connectivity index (χ2v) is 15.8. The molecule has 13 heteroatoms.